The number of nitrogens with zero attached hydrogens (tertiary/aromatic N) is 2. The van der Waals surface area contributed by atoms with Crippen LogP contribution in [-0.4, -0.2) is 65.6 Å². The maximum atomic E-state index is 15.1. The monoisotopic (exact) mass is 701 g/mol. The number of hydrogen-bond donors (Lipinski definition) is 1. The van der Waals surface area contributed by atoms with E-state index >= 15 is 4.39 Å². The number of fused-ring (bicyclic) bond motifs is 3. The number of ether oxygens (including phenoxy) is 2. The summed E-state index contributed by atoms with van der Waals surface area (Å²) in [5, 5.41) is 2.13. The molecule has 19 heteroatoms. The van der Waals surface area contributed by atoms with Gasteiger partial charge in [0.2, 0.25) is 15.0 Å². The standard InChI is InChI=1S/C25H21Cl3F3N3O9S/c1-40-21-18-23(37)34-14-5-24(14)3-2-15(24)42-16(34)8-33(18)7-11(19(21)35)22(36)32-6-10-12(29)4-13(30)20(17(10)31)43-44(38,39)41-9-25(26,27)28/h4,7,14-16H,2-3,5-6,8-9H2,1H3,(H,32,36)/t14-,15-,16-,24?/m1/s1. The summed E-state index contributed by atoms with van der Waals surface area (Å²) in [6.07, 6.45) is 3.15. The molecule has 1 spiro atoms. The van der Waals surface area contributed by atoms with Gasteiger partial charge in [-0.15, -0.1) is 0 Å². The van der Waals surface area contributed by atoms with Gasteiger partial charge in [0.1, 0.15) is 18.0 Å². The predicted molar refractivity (Wildman–Crippen MR) is 145 cm³/mol. The number of amides is 2. The summed E-state index contributed by atoms with van der Waals surface area (Å²) in [5.41, 5.74) is -2.63. The van der Waals surface area contributed by atoms with Crippen molar-refractivity contribution in [2.75, 3.05) is 13.7 Å². The predicted octanol–water partition coefficient (Wildman–Crippen LogP) is 2.95. The van der Waals surface area contributed by atoms with E-state index in [1.54, 1.807) is 4.90 Å². The van der Waals surface area contributed by atoms with Crippen molar-refractivity contribution >= 4 is 57.0 Å². The fourth-order valence-electron chi connectivity index (χ4n) is 6.01. The summed E-state index contributed by atoms with van der Waals surface area (Å²) in [4.78, 5) is 41.5. The second kappa shape index (κ2) is 10.7. The number of alkyl halides is 3. The highest BCUT2D eigenvalue weighted by atomic mass is 35.6. The van der Waals surface area contributed by atoms with Crippen molar-refractivity contribution in [3.05, 3.63) is 56.8 Å². The normalized spacial score (nSPS) is 25.2. The highest BCUT2D eigenvalue weighted by Gasteiger charge is 2.72. The van der Waals surface area contributed by atoms with Crippen LogP contribution >= 0.6 is 34.8 Å². The highest BCUT2D eigenvalue weighted by molar-refractivity contribution is 7.82. The van der Waals surface area contributed by atoms with Gasteiger partial charge in [-0.3, -0.25) is 14.4 Å². The van der Waals surface area contributed by atoms with Gasteiger partial charge in [-0.05, 0) is 19.3 Å². The minimum Gasteiger partial charge on any atom is -0.491 e. The second-order valence-corrected chi connectivity index (χ2v) is 14.4. The zero-order valence-corrected chi connectivity index (χ0v) is 25.5. The molecule has 2 amide bonds. The maximum Gasteiger partial charge on any atom is 0.449 e. The number of rotatable bonds is 8. The van der Waals surface area contributed by atoms with Gasteiger partial charge >= 0.3 is 10.4 Å². The number of pyridine rings is 1. The van der Waals surface area contributed by atoms with E-state index in [1.807, 2.05) is 0 Å². The summed E-state index contributed by atoms with van der Waals surface area (Å²) in [6.45, 7) is -1.97. The van der Waals surface area contributed by atoms with Crippen molar-refractivity contribution in [3.63, 3.8) is 0 Å². The molecule has 1 aromatic heterocycles. The molecule has 3 heterocycles. The van der Waals surface area contributed by atoms with Crippen LogP contribution in [0.3, 0.4) is 0 Å². The minimum atomic E-state index is -5.20. The molecule has 4 atom stereocenters. The molecule has 1 saturated heterocycles. The molecule has 1 N–H and O–H groups in total. The fourth-order valence-corrected chi connectivity index (χ4v) is 7.09. The lowest BCUT2D eigenvalue weighted by molar-refractivity contribution is -0.196. The molecule has 2 saturated carbocycles. The molecule has 2 aromatic rings. The lowest BCUT2D eigenvalue weighted by atomic mass is 9.76. The zero-order valence-electron chi connectivity index (χ0n) is 22.4. The Bertz CT molecular complexity index is 1770. The Morgan fingerprint density at radius 1 is 1.20 bits per heavy atom. The van der Waals surface area contributed by atoms with Crippen LogP contribution in [0.1, 0.15) is 45.7 Å². The van der Waals surface area contributed by atoms with Crippen molar-refractivity contribution in [2.45, 2.75) is 54.5 Å². The Morgan fingerprint density at radius 3 is 2.57 bits per heavy atom. The molecule has 238 valence electrons. The van der Waals surface area contributed by atoms with Gasteiger partial charge in [0, 0.05) is 35.8 Å². The smallest absolute Gasteiger partial charge is 0.449 e. The lowest BCUT2D eigenvalue weighted by Gasteiger charge is -2.51. The SMILES string of the molecule is COc1c2n(cc(C(=O)NCc3c(F)cc(F)c(OS(=O)(=O)OCC(Cl)(Cl)Cl)c3F)c1=O)C[C@H]1O[C@@H]3CCC34C[C@H]4N1C2=O. The molecule has 2 aliphatic heterocycles. The Kier molecular flexibility index (Phi) is 7.57. The van der Waals surface area contributed by atoms with Crippen molar-refractivity contribution in [3.8, 4) is 11.5 Å². The Morgan fingerprint density at radius 2 is 1.93 bits per heavy atom. The average molecular weight is 703 g/mol. The third-order valence-corrected chi connectivity index (χ3v) is 9.34. The van der Waals surface area contributed by atoms with Gasteiger partial charge in [-0.25, -0.2) is 17.4 Å². The van der Waals surface area contributed by atoms with E-state index in [2.05, 4.69) is 13.7 Å². The Balaban J connectivity index is 1.24. The fraction of sp³-hybridized carbons (Fsp3) is 0.480. The number of hydrogen-bond acceptors (Lipinski definition) is 9. The summed E-state index contributed by atoms with van der Waals surface area (Å²) in [5.74, 6) is -8.71. The molecule has 1 unspecified atom stereocenters. The molecule has 0 radical (unpaired) electrons. The van der Waals surface area contributed by atoms with E-state index in [1.165, 1.54) is 4.57 Å². The third kappa shape index (κ3) is 5.18. The van der Waals surface area contributed by atoms with Crippen LogP contribution in [0.5, 0.6) is 11.5 Å². The van der Waals surface area contributed by atoms with Gasteiger partial charge < -0.3 is 28.4 Å². The number of carbonyl (C=O) groups is 2. The molecule has 12 nitrogen and oxygen atoms in total. The van der Waals surface area contributed by atoms with Crippen LogP contribution < -0.4 is 19.7 Å². The number of benzene rings is 1. The molecular weight excluding hydrogens is 682 g/mol. The summed E-state index contributed by atoms with van der Waals surface area (Å²) in [7, 11) is -4.04. The number of halogens is 6. The van der Waals surface area contributed by atoms with E-state index < -0.39 is 90.9 Å². The first kappa shape index (κ1) is 31.2. The second-order valence-electron chi connectivity index (χ2n) is 10.7. The molecule has 2 aliphatic carbocycles. The van der Waals surface area contributed by atoms with E-state index in [4.69, 9.17) is 44.3 Å². The first-order valence-corrected chi connectivity index (χ1v) is 15.4. The van der Waals surface area contributed by atoms with E-state index in [-0.39, 0.29) is 35.9 Å². The van der Waals surface area contributed by atoms with Crippen LogP contribution in [0.4, 0.5) is 13.2 Å². The molecule has 0 bridgehead atoms. The minimum absolute atomic E-state index is 0.00509. The number of nitrogens with one attached hydrogen (secondary N) is 1. The summed E-state index contributed by atoms with van der Waals surface area (Å²) in [6, 6.07) is 0.105. The molecule has 44 heavy (non-hydrogen) atoms. The number of methoxy groups -OCH3 is 1. The largest absolute Gasteiger partial charge is 0.491 e. The van der Waals surface area contributed by atoms with Gasteiger partial charge in [0.15, 0.2) is 29.3 Å². The first-order chi connectivity index (χ1) is 20.6. The van der Waals surface area contributed by atoms with Crippen molar-refractivity contribution < 1.29 is 49.0 Å². The van der Waals surface area contributed by atoms with Gasteiger partial charge in [-0.1, -0.05) is 34.8 Å². The van der Waals surface area contributed by atoms with E-state index in [9.17, 15) is 31.6 Å². The summed E-state index contributed by atoms with van der Waals surface area (Å²) < 4.78 is 86.9. The third-order valence-electron chi connectivity index (χ3n) is 8.24. The van der Waals surface area contributed by atoms with Crippen molar-refractivity contribution in [2.24, 2.45) is 5.41 Å². The zero-order chi connectivity index (χ0) is 31.9. The van der Waals surface area contributed by atoms with Crippen LogP contribution in [0.15, 0.2) is 17.1 Å². The molecular formula is C25H21Cl3F3N3O9S. The van der Waals surface area contributed by atoms with Gasteiger partial charge in [-0.2, -0.15) is 8.42 Å². The lowest BCUT2D eigenvalue weighted by Crippen LogP contribution is -2.61. The van der Waals surface area contributed by atoms with Crippen LogP contribution in [0, 0.1) is 22.9 Å². The summed E-state index contributed by atoms with van der Waals surface area (Å²) >= 11 is 16.2. The molecule has 1 aromatic carbocycles. The van der Waals surface area contributed by atoms with Gasteiger partial charge in [0.05, 0.1) is 19.8 Å². The van der Waals surface area contributed by atoms with Crippen LogP contribution in [0.2, 0.25) is 0 Å². The molecule has 4 aliphatic rings. The van der Waals surface area contributed by atoms with Crippen molar-refractivity contribution in [1.29, 1.82) is 0 Å². The van der Waals surface area contributed by atoms with Gasteiger partial charge in [0.25, 0.3) is 11.8 Å². The maximum absolute atomic E-state index is 15.1. The molecule has 3 fully saturated rings. The van der Waals surface area contributed by atoms with Crippen LogP contribution in [0.25, 0.3) is 0 Å². The highest BCUT2D eigenvalue weighted by Crippen LogP contribution is 2.67. The molecule has 6 rings (SSSR count). The average Bonchev–Trinajstić information content (AvgIpc) is 3.70. The Labute approximate surface area is 262 Å². The first-order valence-electron chi connectivity index (χ1n) is 13.0. The van der Waals surface area contributed by atoms with E-state index in [0.717, 1.165) is 32.6 Å². The van der Waals surface area contributed by atoms with E-state index in [0.29, 0.717) is 0 Å². The van der Waals surface area contributed by atoms with Crippen LogP contribution in [-0.2, 0) is 32.4 Å². The quantitative estimate of drug-likeness (QED) is 0.411. The topological polar surface area (TPSA) is 142 Å². The van der Waals surface area contributed by atoms with Crippen molar-refractivity contribution in [1.82, 2.24) is 14.8 Å². The number of carbonyl (C=O) groups excluding carboxylic acids is 2. The number of aromatic nitrogens is 1. The Hall–Kier alpha value is -2.76.